The van der Waals surface area contributed by atoms with E-state index in [2.05, 4.69) is 10.3 Å². The number of benzene rings is 1. The minimum absolute atomic E-state index is 0.0257. The Morgan fingerprint density at radius 3 is 2.59 bits per heavy atom. The molecule has 0 spiro atoms. The van der Waals surface area contributed by atoms with Crippen LogP contribution >= 0.6 is 11.3 Å². The summed E-state index contributed by atoms with van der Waals surface area (Å²) in [5, 5.41) is 14.5. The third-order valence-corrected chi connectivity index (χ3v) is 7.49. The number of aromatic nitrogens is 1. The van der Waals surface area contributed by atoms with Crippen LogP contribution in [0, 0.1) is 23.1 Å². The molecule has 27 heavy (non-hydrogen) atoms. The molecule has 4 bridgehead atoms. The number of amides is 1. The van der Waals surface area contributed by atoms with Crippen LogP contribution in [-0.2, 0) is 11.2 Å². The first-order chi connectivity index (χ1) is 12.9. The van der Waals surface area contributed by atoms with Crippen molar-refractivity contribution in [1.82, 2.24) is 4.98 Å². The number of rotatable bonds is 4. The van der Waals surface area contributed by atoms with Crippen LogP contribution in [0.4, 0.5) is 9.52 Å². The summed E-state index contributed by atoms with van der Waals surface area (Å²) in [4.78, 5) is 18.5. The topological polar surface area (TPSA) is 62.2 Å². The molecule has 4 nitrogen and oxygen atoms in total. The number of anilines is 1. The van der Waals surface area contributed by atoms with Gasteiger partial charge in [-0.25, -0.2) is 9.37 Å². The maximum Gasteiger partial charge on any atom is 0.232 e. The van der Waals surface area contributed by atoms with Gasteiger partial charge in [0, 0.05) is 17.5 Å². The summed E-state index contributed by atoms with van der Waals surface area (Å²) in [7, 11) is 0. The Labute approximate surface area is 161 Å². The van der Waals surface area contributed by atoms with Crippen molar-refractivity contribution in [2.75, 3.05) is 5.32 Å². The van der Waals surface area contributed by atoms with E-state index in [4.69, 9.17) is 0 Å². The maximum atomic E-state index is 13.1. The molecule has 0 unspecified atom stereocenters. The van der Waals surface area contributed by atoms with Crippen LogP contribution in [0.1, 0.15) is 49.0 Å². The molecule has 6 rings (SSSR count). The van der Waals surface area contributed by atoms with Crippen LogP contribution < -0.4 is 5.32 Å². The third kappa shape index (κ3) is 3.19. The second kappa shape index (κ2) is 6.11. The van der Waals surface area contributed by atoms with Gasteiger partial charge in [0.1, 0.15) is 5.82 Å². The molecule has 0 saturated heterocycles. The molecule has 4 aliphatic rings. The highest BCUT2D eigenvalue weighted by Crippen LogP contribution is 2.61. The number of halogens is 1. The minimum atomic E-state index is -0.641. The number of aliphatic hydroxyl groups is 1. The molecule has 1 amide bonds. The van der Waals surface area contributed by atoms with Gasteiger partial charge in [0.15, 0.2) is 5.13 Å². The molecule has 1 aromatic carbocycles. The van der Waals surface area contributed by atoms with Gasteiger partial charge in [-0.3, -0.25) is 4.79 Å². The van der Waals surface area contributed by atoms with Crippen molar-refractivity contribution in [3.8, 4) is 0 Å². The monoisotopic (exact) mass is 386 g/mol. The zero-order valence-corrected chi connectivity index (χ0v) is 15.9. The van der Waals surface area contributed by atoms with Crippen molar-refractivity contribution in [3.05, 3.63) is 46.7 Å². The van der Waals surface area contributed by atoms with Crippen LogP contribution in [0.2, 0.25) is 0 Å². The summed E-state index contributed by atoms with van der Waals surface area (Å²) in [6.07, 6.45) is 7.70. The lowest BCUT2D eigenvalue weighted by molar-refractivity contribution is -0.174. The highest BCUT2D eigenvalue weighted by molar-refractivity contribution is 7.15. The molecule has 6 heteroatoms. The van der Waals surface area contributed by atoms with Crippen LogP contribution in [-0.4, -0.2) is 21.6 Å². The summed E-state index contributed by atoms with van der Waals surface area (Å²) in [5.74, 6) is 0.741. The smallest absolute Gasteiger partial charge is 0.232 e. The van der Waals surface area contributed by atoms with E-state index >= 15 is 0 Å². The van der Waals surface area contributed by atoms with Gasteiger partial charge in [0.25, 0.3) is 0 Å². The Hall–Kier alpha value is -1.79. The molecule has 1 heterocycles. The van der Waals surface area contributed by atoms with Crippen molar-refractivity contribution < 1.29 is 14.3 Å². The lowest BCUT2D eigenvalue weighted by atomic mass is 9.47. The maximum absolute atomic E-state index is 13.1. The van der Waals surface area contributed by atoms with Crippen LogP contribution in [0.25, 0.3) is 0 Å². The fourth-order valence-electron chi connectivity index (χ4n) is 5.96. The number of hydrogen-bond acceptors (Lipinski definition) is 4. The summed E-state index contributed by atoms with van der Waals surface area (Å²) in [6, 6.07) is 6.44. The lowest BCUT2D eigenvalue weighted by Crippen LogP contribution is -2.59. The standard InChI is InChI=1S/C21H23FN2O2S/c22-16-3-1-13(2-4-16)6-17-11-23-19(27-17)24-18(25)20-7-14-5-15(8-20)10-21(26,9-14)12-20/h1-4,11,14-15,26H,5-10,12H2,(H,23,24,25)/t14-,15-,20?,21?/m1/s1. The predicted octanol–water partition coefficient (Wildman–Crippen LogP) is 4.14. The Bertz CT molecular complexity index is 865. The van der Waals surface area contributed by atoms with Gasteiger partial charge in [-0.05, 0) is 68.1 Å². The number of nitrogens with zero attached hydrogens (tertiary/aromatic N) is 1. The molecule has 4 fully saturated rings. The number of thiazole rings is 1. The molecule has 2 atom stereocenters. The molecule has 1 aromatic heterocycles. The normalized spacial score (nSPS) is 34.0. The average molecular weight is 386 g/mol. The van der Waals surface area contributed by atoms with E-state index in [1.165, 1.54) is 23.5 Å². The zero-order chi connectivity index (χ0) is 18.6. The number of carbonyl (C=O) groups excluding carboxylic acids is 1. The molecular formula is C21H23FN2O2S. The molecule has 2 N–H and O–H groups in total. The van der Waals surface area contributed by atoms with Crippen molar-refractivity contribution in [1.29, 1.82) is 0 Å². The van der Waals surface area contributed by atoms with Gasteiger partial charge in [-0.15, -0.1) is 11.3 Å². The second-order valence-corrected chi connectivity index (χ2v) is 9.97. The summed E-state index contributed by atoms with van der Waals surface area (Å²) in [5.41, 5.74) is -0.0547. The van der Waals surface area contributed by atoms with Gasteiger partial charge < -0.3 is 10.4 Å². The number of carbonyl (C=O) groups is 1. The first-order valence-electron chi connectivity index (χ1n) is 9.64. The van der Waals surface area contributed by atoms with Gasteiger partial charge in [0.05, 0.1) is 11.0 Å². The predicted molar refractivity (Wildman–Crippen MR) is 102 cm³/mol. The summed E-state index contributed by atoms with van der Waals surface area (Å²) in [6.45, 7) is 0. The van der Waals surface area contributed by atoms with Crippen LogP contribution in [0.3, 0.4) is 0 Å². The van der Waals surface area contributed by atoms with Crippen LogP contribution in [0.5, 0.6) is 0 Å². The first kappa shape index (κ1) is 17.3. The molecule has 4 saturated carbocycles. The van der Waals surface area contributed by atoms with Crippen molar-refractivity contribution in [3.63, 3.8) is 0 Å². The van der Waals surface area contributed by atoms with Gasteiger partial charge in [-0.1, -0.05) is 12.1 Å². The molecule has 0 aliphatic heterocycles. The lowest BCUT2D eigenvalue weighted by Gasteiger charge is -2.59. The molecule has 142 valence electrons. The summed E-state index contributed by atoms with van der Waals surface area (Å²) >= 11 is 1.46. The number of nitrogens with one attached hydrogen (secondary N) is 1. The fraction of sp³-hybridized carbons (Fsp3) is 0.524. The molecule has 4 aliphatic carbocycles. The highest BCUT2D eigenvalue weighted by Gasteiger charge is 2.60. The van der Waals surface area contributed by atoms with E-state index in [-0.39, 0.29) is 11.7 Å². The largest absolute Gasteiger partial charge is 0.390 e. The quantitative estimate of drug-likeness (QED) is 0.830. The summed E-state index contributed by atoms with van der Waals surface area (Å²) < 4.78 is 13.0. The van der Waals surface area contributed by atoms with Gasteiger partial charge in [0.2, 0.25) is 5.91 Å². The van der Waals surface area contributed by atoms with E-state index < -0.39 is 11.0 Å². The first-order valence-corrected chi connectivity index (χ1v) is 10.5. The van der Waals surface area contributed by atoms with Crippen LogP contribution in [0.15, 0.2) is 30.5 Å². The number of hydrogen-bond donors (Lipinski definition) is 2. The van der Waals surface area contributed by atoms with Crippen molar-refractivity contribution >= 4 is 22.4 Å². The highest BCUT2D eigenvalue weighted by atomic mass is 32.1. The van der Waals surface area contributed by atoms with Crippen molar-refractivity contribution in [2.45, 2.75) is 50.5 Å². The van der Waals surface area contributed by atoms with Crippen molar-refractivity contribution in [2.24, 2.45) is 17.3 Å². The molecule has 0 radical (unpaired) electrons. The van der Waals surface area contributed by atoms with Gasteiger partial charge >= 0.3 is 0 Å². The SMILES string of the molecule is O=C(Nc1ncc(Cc2ccc(F)cc2)s1)C12C[C@H]3C[C@@H](CC(O)(C3)C1)C2. The fourth-order valence-corrected chi connectivity index (χ4v) is 6.80. The van der Waals surface area contributed by atoms with E-state index in [0.29, 0.717) is 29.8 Å². The molecular weight excluding hydrogens is 363 g/mol. The minimum Gasteiger partial charge on any atom is -0.390 e. The zero-order valence-electron chi connectivity index (χ0n) is 15.1. The van der Waals surface area contributed by atoms with E-state index in [1.54, 1.807) is 18.3 Å². The third-order valence-electron chi connectivity index (χ3n) is 6.58. The van der Waals surface area contributed by atoms with E-state index in [9.17, 15) is 14.3 Å². The average Bonchev–Trinajstić information content (AvgIpc) is 3.02. The second-order valence-electron chi connectivity index (χ2n) is 8.85. The van der Waals surface area contributed by atoms with E-state index in [1.807, 2.05) is 0 Å². The molecule has 2 aromatic rings. The Balaban J connectivity index is 1.29. The Morgan fingerprint density at radius 2 is 1.93 bits per heavy atom. The van der Waals surface area contributed by atoms with E-state index in [0.717, 1.165) is 42.5 Å². The Kier molecular flexibility index (Phi) is 3.92. The Morgan fingerprint density at radius 1 is 1.22 bits per heavy atom. The van der Waals surface area contributed by atoms with Gasteiger partial charge in [-0.2, -0.15) is 0 Å².